The first-order chi connectivity index (χ1) is 7.40. The standard InChI is InChI=1S/C9H8N4O2/c14-4-5-15-9-3-1-2-8(6-9)13-7-10-11-12-13/h1-4,6-7H,5H2. The number of carbonyl (C=O) groups is 1. The van der Waals surface area contributed by atoms with Gasteiger partial charge in [-0.05, 0) is 22.6 Å². The van der Waals surface area contributed by atoms with Crippen LogP contribution in [0.1, 0.15) is 0 Å². The van der Waals surface area contributed by atoms with Gasteiger partial charge >= 0.3 is 0 Å². The minimum Gasteiger partial charge on any atom is -0.486 e. The fraction of sp³-hybridized carbons (Fsp3) is 0.111. The summed E-state index contributed by atoms with van der Waals surface area (Å²) in [5, 5.41) is 10.8. The molecule has 6 nitrogen and oxygen atoms in total. The minimum absolute atomic E-state index is 0.0407. The predicted molar refractivity (Wildman–Crippen MR) is 50.7 cm³/mol. The molecular formula is C9H8N4O2. The van der Waals surface area contributed by atoms with E-state index in [4.69, 9.17) is 4.74 Å². The summed E-state index contributed by atoms with van der Waals surface area (Å²) >= 11 is 0. The Morgan fingerprint density at radius 2 is 2.40 bits per heavy atom. The smallest absolute Gasteiger partial charge is 0.157 e. The van der Waals surface area contributed by atoms with Gasteiger partial charge < -0.3 is 4.74 Å². The summed E-state index contributed by atoms with van der Waals surface area (Å²) in [4.78, 5) is 10.1. The first-order valence-corrected chi connectivity index (χ1v) is 4.30. The second-order valence-electron chi connectivity index (χ2n) is 2.73. The van der Waals surface area contributed by atoms with E-state index in [2.05, 4.69) is 15.5 Å². The zero-order chi connectivity index (χ0) is 10.5. The van der Waals surface area contributed by atoms with E-state index < -0.39 is 0 Å². The zero-order valence-corrected chi connectivity index (χ0v) is 7.78. The minimum atomic E-state index is 0.0407. The van der Waals surface area contributed by atoms with Crippen LogP contribution in [0.3, 0.4) is 0 Å². The molecule has 0 atom stereocenters. The normalized spacial score (nSPS) is 9.87. The number of benzene rings is 1. The average molecular weight is 204 g/mol. The van der Waals surface area contributed by atoms with E-state index in [1.54, 1.807) is 18.2 Å². The largest absolute Gasteiger partial charge is 0.486 e. The van der Waals surface area contributed by atoms with Crippen molar-refractivity contribution in [2.24, 2.45) is 0 Å². The Kier molecular flexibility index (Phi) is 2.68. The molecule has 1 heterocycles. The second-order valence-corrected chi connectivity index (χ2v) is 2.73. The van der Waals surface area contributed by atoms with Crippen LogP contribution in [0, 0.1) is 0 Å². The van der Waals surface area contributed by atoms with Crippen molar-refractivity contribution < 1.29 is 9.53 Å². The van der Waals surface area contributed by atoms with Gasteiger partial charge in [-0.15, -0.1) is 5.10 Å². The van der Waals surface area contributed by atoms with E-state index >= 15 is 0 Å². The van der Waals surface area contributed by atoms with Crippen molar-refractivity contribution in [3.63, 3.8) is 0 Å². The lowest BCUT2D eigenvalue weighted by Crippen LogP contribution is -1.99. The van der Waals surface area contributed by atoms with Crippen LogP contribution in [-0.4, -0.2) is 33.1 Å². The highest BCUT2D eigenvalue weighted by Gasteiger charge is 1.99. The molecule has 0 amide bonds. The Hall–Kier alpha value is -2.24. The maximum absolute atomic E-state index is 10.1. The van der Waals surface area contributed by atoms with Crippen LogP contribution in [0.5, 0.6) is 5.75 Å². The number of tetrazole rings is 1. The summed E-state index contributed by atoms with van der Waals surface area (Å²) in [5.41, 5.74) is 0.781. The second kappa shape index (κ2) is 4.32. The van der Waals surface area contributed by atoms with Crippen LogP contribution < -0.4 is 4.74 Å². The molecule has 0 saturated carbocycles. The summed E-state index contributed by atoms with van der Waals surface area (Å²) in [6, 6.07) is 7.15. The van der Waals surface area contributed by atoms with E-state index in [1.165, 1.54) is 11.0 Å². The molecule has 2 aromatic rings. The maximum Gasteiger partial charge on any atom is 0.157 e. The molecule has 0 radical (unpaired) electrons. The number of carbonyl (C=O) groups excluding carboxylic acids is 1. The fourth-order valence-electron chi connectivity index (χ4n) is 1.13. The SMILES string of the molecule is O=CCOc1cccc(-n2cnnn2)c1. The fourth-order valence-corrected chi connectivity index (χ4v) is 1.13. The quantitative estimate of drug-likeness (QED) is 0.667. The predicted octanol–water partition coefficient (Wildman–Crippen LogP) is 0.240. The van der Waals surface area contributed by atoms with Crippen LogP contribution in [0.4, 0.5) is 0 Å². The summed E-state index contributed by atoms with van der Waals surface area (Å²) in [7, 11) is 0. The third-order valence-corrected chi connectivity index (χ3v) is 1.75. The van der Waals surface area contributed by atoms with E-state index in [1.807, 2.05) is 6.07 Å². The summed E-state index contributed by atoms with van der Waals surface area (Å²) in [6.45, 7) is 0.0407. The molecule has 76 valence electrons. The number of rotatable bonds is 4. The molecule has 0 bridgehead atoms. The Labute approximate surface area is 85.5 Å². The summed E-state index contributed by atoms with van der Waals surface area (Å²) < 4.78 is 6.65. The van der Waals surface area contributed by atoms with Gasteiger partial charge in [0.05, 0.1) is 5.69 Å². The number of hydrogen-bond donors (Lipinski definition) is 0. The van der Waals surface area contributed by atoms with E-state index in [0.717, 1.165) is 5.69 Å². The third-order valence-electron chi connectivity index (χ3n) is 1.75. The Balaban J connectivity index is 2.23. The van der Waals surface area contributed by atoms with Crippen LogP contribution in [-0.2, 0) is 4.79 Å². The molecule has 0 aliphatic heterocycles. The van der Waals surface area contributed by atoms with Crippen molar-refractivity contribution in [1.82, 2.24) is 20.2 Å². The number of aldehydes is 1. The molecular weight excluding hydrogens is 196 g/mol. The highest BCUT2D eigenvalue weighted by molar-refractivity contribution is 5.51. The number of hydrogen-bond acceptors (Lipinski definition) is 5. The lowest BCUT2D eigenvalue weighted by molar-refractivity contribution is -0.109. The van der Waals surface area contributed by atoms with Crippen molar-refractivity contribution in [1.29, 1.82) is 0 Å². The Morgan fingerprint density at radius 1 is 1.47 bits per heavy atom. The van der Waals surface area contributed by atoms with Crippen LogP contribution >= 0.6 is 0 Å². The van der Waals surface area contributed by atoms with Crippen LogP contribution in [0.15, 0.2) is 30.6 Å². The van der Waals surface area contributed by atoms with Gasteiger partial charge in [-0.25, -0.2) is 4.68 Å². The van der Waals surface area contributed by atoms with Gasteiger partial charge in [-0.3, -0.25) is 4.79 Å². The molecule has 0 N–H and O–H groups in total. The molecule has 0 saturated heterocycles. The van der Waals surface area contributed by atoms with E-state index in [-0.39, 0.29) is 6.61 Å². The molecule has 6 heteroatoms. The van der Waals surface area contributed by atoms with Gasteiger partial charge in [0, 0.05) is 6.07 Å². The molecule has 2 rings (SSSR count). The molecule has 0 aliphatic carbocycles. The molecule has 15 heavy (non-hydrogen) atoms. The molecule has 0 spiro atoms. The molecule has 0 fully saturated rings. The van der Waals surface area contributed by atoms with Gasteiger partial charge in [0.1, 0.15) is 18.7 Å². The third kappa shape index (κ3) is 2.16. The van der Waals surface area contributed by atoms with Crippen LogP contribution in [0.25, 0.3) is 5.69 Å². The van der Waals surface area contributed by atoms with E-state index in [0.29, 0.717) is 12.0 Å². The maximum atomic E-state index is 10.1. The van der Waals surface area contributed by atoms with Gasteiger partial charge in [0.25, 0.3) is 0 Å². The number of aromatic nitrogens is 4. The van der Waals surface area contributed by atoms with Gasteiger partial charge in [-0.1, -0.05) is 6.07 Å². The van der Waals surface area contributed by atoms with E-state index in [9.17, 15) is 4.79 Å². The Bertz CT molecular complexity index is 441. The van der Waals surface area contributed by atoms with Crippen molar-refractivity contribution in [3.8, 4) is 11.4 Å². The highest BCUT2D eigenvalue weighted by atomic mass is 16.5. The van der Waals surface area contributed by atoms with Crippen molar-refractivity contribution in [2.75, 3.05) is 6.61 Å². The molecule has 1 aromatic carbocycles. The first-order valence-electron chi connectivity index (χ1n) is 4.30. The molecule has 1 aromatic heterocycles. The zero-order valence-electron chi connectivity index (χ0n) is 7.78. The molecule has 0 aliphatic rings. The van der Waals surface area contributed by atoms with Crippen molar-refractivity contribution >= 4 is 6.29 Å². The van der Waals surface area contributed by atoms with Crippen molar-refractivity contribution in [3.05, 3.63) is 30.6 Å². The lowest BCUT2D eigenvalue weighted by Gasteiger charge is -2.04. The number of ether oxygens (including phenoxy) is 1. The summed E-state index contributed by atoms with van der Waals surface area (Å²) in [5.74, 6) is 0.607. The molecule has 0 unspecified atom stereocenters. The topological polar surface area (TPSA) is 69.9 Å². The Morgan fingerprint density at radius 3 is 3.13 bits per heavy atom. The average Bonchev–Trinajstić information content (AvgIpc) is 2.80. The monoisotopic (exact) mass is 204 g/mol. The van der Waals surface area contributed by atoms with Gasteiger partial charge in [0.2, 0.25) is 0 Å². The number of nitrogens with zero attached hydrogens (tertiary/aromatic N) is 4. The lowest BCUT2D eigenvalue weighted by atomic mass is 10.3. The first kappa shape index (κ1) is 9.32. The van der Waals surface area contributed by atoms with Crippen molar-refractivity contribution in [2.45, 2.75) is 0 Å². The highest BCUT2D eigenvalue weighted by Crippen LogP contribution is 2.15. The van der Waals surface area contributed by atoms with Gasteiger partial charge in [-0.2, -0.15) is 0 Å². The van der Waals surface area contributed by atoms with Crippen LogP contribution in [0.2, 0.25) is 0 Å². The van der Waals surface area contributed by atoms with Gasteiger partial charge in [0.15, 0.2) is 6.29 Å². The summed E-state index contributed by atoms with van der Waals surface area (Å²) in [6.07, 6.45) is 2.18.